The van der Waals surface area contributed by atoms with E-state index in [0.717, 1.165) is 12.1 Å². The minimum Gasteiger partial charge on any atom is -0.478 e. The Labute approximate surface area is 126 Å². The van der Waals surface area contributed by atoms with Gasteiger partial charge < -0.3 is 9.84 Å². The summed E-state index contributed by atoms with van der Waals surface area (Å²) in [6.07, 6.45) is -4.76. The Morgan fingerprint density at radius 3 is 2.24 bits per heavy atom. The molecular weight excluding hydrogens is 353 g/mol. The molecule has 0 aliphatic heterocycles. The molecule has 0 spiro atoms. The normalized spacial score (nSPS) is 11.2. The number of rotatable bonds is 3. The molecule has 2 rings (SSSR count). The quantitative estimate of drug-likeness (QED) is 0.861. The Morgan fingerprint density at radius 1 is 1.10 bits per heavy atom. The van der Waals surface area contributed by atoms with Gasteiger partial charge >= 0.3 is 12.3 Å². The van der Waals surface area contributed by atoms with Crippen LogP contribution < -0.4 is 4.74 Å². The Kier molecular flexibility index (Phi) is 4.22. The average Bonchev–Trinajstić information content (AvgIpc) is 2.38. The van der Waals surface area contributed by atoms with Crippen LogP contribution in [0.3, 0.4) is 0 Å². The standard InChI is InChI=1S/C14H8BrF3O3/c15-9-3-6-11(12(7-9)13(19)20)8-1-4-10(5-2-8)21-14(16,17)18/h1-7H,(H,19,20). The van der Waals surface area contributed by atoms with Gasteiger partial charge in [0.05, 0.1) is 5.56 Å². The summed E-state index contributed by atoms with van der Waals surface area (Å²) in [4.78, 5) is 11.2. The Balaban J connectivity index is 2.37. The van der Waals surface area contributed by atoms with Crippen molar-refractivity contribution >= 4 is 21.9 Å². The average molecular weight is 361 g/mol. The number of benzene rings is 2. The first-order chi connectivity index (χ1) is 9.76. The molecule has 1 N–H and O–H groups in total. The molecular formula is C14H8BrF3O3. The summed E-state index contributed by atoms with van der Waals surface area (Å²) < 4.78 is 40.6. The van der Waals surface area contributed by atoms with Crippen molar-refractivity contribution in [2.45, 2.75) is 6.36 Å². The molecule has 0 fully saturated rings. The molecule has 110 valence electrons. The molecule has 3 nitrogen and oxygen atoms in total. The Morgan fingerprint density at radius 2 is 1.71 bits per heavy atom. The van der Waals surface area contributed by atoms with Crippen molar-refractivity contribution in [3.63, 3.8) is 0 Å². The van der Waals surface area contributed by atoms with Gasteiger partial charge in [0.25, 0.3) is 0 Å². The summed E-state index contributed by atoms with van der Waals surface area (Å²) >= 11 is 3.17. The summed E-state index contributed by atoms with van der Waals surface area (Å²) in [6.45, 7) is 0. The van der Waals surface area contributed by atoms with Crippen molar-refractivity contribution in [3.8, 4) is 16.9 Å². The van der Waals surface area contributed by atoms with Crippen LogP contribution in [0.1, 0.15) is 10.4 Å². The second-order valence-corrected chi connectivity index (χ2v) is 4.98. The number of carboxylic acids is 1. The number of hydrogen-bond acceptors (Lipinski definition) is 2. The molecule has 0 unspecified atom stereocenters. The molecule has 0 saturated carbocycles. The van der Waals surface area contributed by atoms with Gasteiger partial charge in [-0.1, -0.05) is 34.1 Å². The summed E-state index contributed by atoms with van der Waals surface area (Å²) in [6, 6.07) is 9.67. The van der Waals surface area contributed by atoms with E-state index in [1.807, 2.05) is 0 Å². The maximum absolute atomic E-state index is 12.1. The smallest absolute Gasteiger partial charge is 0.478 e. The number of alkyl halides is 3. The number of hydrogen-bond donors (Lipinski definition) is 1. The molecule has 0 radical (unpaired) electrons. The molecule has 0 saturated heterocycles. The van der Waals surface area contributed by atoms with Gasteiger partial charge in [0.15, 0.2) is 0 Å². The minimum atomic E-state index is -4.76. The van der Waals surface area contributed by atoms with Gasteiger partial charge in [-0.05, 0) is 35.4 Å². The second kappa shape index (κ2) is 5.77. The predicted octanol–water partition coefficient (Wildman–Crippen LogP) is 4.71. The number of halogens is 4. The maximum atomic E-state index is 12.1. The summed E-state index contributed by atoms with van der Waals surface area (Å²) in [7, 11) is 0. The van der Waals surface area contributed by atoms with Gasteiger partial charge in [0.2, 0.25) is 0 Å². The molecule has 0 amide bonds. The monoisotopic (exact) mass is 360 g/mol. The van der Waals surface area contributed by atoms with E-state index < -0.39 is 12.3 Å². The van der Waals surface area contributed by atoms with Gasteiger partial charge in [-0.15, -0.1) is 13.2 Å². The van der Waals surface area contributed by atoms with Gasteiger partial charge in [-0.2, -0.15) is 0 Å². The van der Waals surface area contributed by atoms with E-state index in [-0.39, 0.29) is 11.3 Å². The molecule has 0 bridgehead atoms. The van der Waals surface area contributed by atoms with Crippen molar-refractivity contribution in [3.05, 3.63) is 52.5 Å². The second-order valence-electron chi connectivity index (χ2n) is 4.07. The lowest BCUT2D eigenvalue weighted by atomic mass is 10.00. The van der Waals surface area contributed by atoms with Gasteiger partial charge in [0.1, 0.15) is 5.75 Å². The lowest BCUT2D eigenvalue weighted by molar-refractivity contribution is -0.274. The Bertz CT molecular complexity index is 666. The maximum Gasteiger partial charge on any atom is 0.573 e. The zero-order valence-electron chi connectivity index (χ0n) is 10.3. The zero-order valence-corrected chi connectivity index (χ0v) is 11.9. The van der Waals surface area contributed by atoms with Crippen molar-refractivity contribution < 1.29 is 27.8 Å². The lowest BCUT2D eigenvalue weighted by Crippen LogP contribution is -2.16. The largest absolute Gasteiger partial charge is 0.573 e. The van der Waals surface area contributed by atoms with Crippen LogP contribution in [0.5, 0.6) is 5.75 Å². The van der Waals surface area contributed by atoms with E-state index in [1.54, 1.807) is 12.1 Å². The van der Waals surface area contributed by atoms with Crippen molar-refractivity contribution in [2.24, 2.45) is 0 Å². The van der Waals surface area contributed by atoms with E-state index >= 15 is 0 Å². The number of aromatic carboxylic acids is 1. The van der Waals surface area contributed by atoms with E-state index in [2.05, 4.69) is 20.7 Å². The number of carbonyl (C=O) groups is 1. The van der Waals surface area contributed by atoms with E-state index in [9.17, 15) is 18.0 Å². The number of carboxylic acid groups (broad SMARTS) is 1. The van der Waals surface area contributed by atoms with Gasteiger partial charge in [-0.3, -0.25) is 0 Å². The first-order valence-electron chi connectivity index (χ1n) is 5.65. The molecule has 7 heteroatoms. The van der Waals surface area contributed by atoms with Crippen LogP contribution in [0.2, 0.25) is 0 Å². The van der Waals surface area contributed by atoms with Crippen LogP contribution >= 0.6 is 15.9 Å². The third-order valence-electron chi connectivity index (χ3n) is 2.61. The number of ether oxygens (including phenoxy) is 1. The molecule has 2 aromatic rings. The highest BCUT2D eigenvalue weighted by molar-refractivity contribution is 9.10. The highest BCUT2D eigenvalue weighted by Gasteiger charge is 2.31. The van der Waals surface area contributed by atoms with Crippen molar-refractivity contribution in [2.75, 3.05) is 0 Å². The molecule has 0 atom stereocenters. The summed E-state index contributed by atoms with van der Waals surface area (Å²) in [5, 5.41) is 9.16. The zero-order chi connectivity index (χ0) is 15.6. The summed E-state index contributed by atoms with van der Waals surface area (Å²) in [5.74, 6) is -1.48. The van der Waals surface area contributed by atoms with Crippen LogP contribution in [-0.2, 0) is 0 Å². The SMILES string of the molecule is O=C(O)c1cc(Br)ccc1-c1ccc(OC(F)(F)F)cc1. The highest BCUT2D eigenvalue weighted by Crippen LogP contribution is 2.30. The van der Waals surface area contributed by atoms with Crippen LogP contribution in [-0.4, -0.2) is 17.4 Å². The van der Waals surface area contributed by atoms with Crippen LogP contribution in [0, 0.1) is 0 Å². The third kappa shape index (κ3) is 3.98. The van der Waals surface area contributed by atoms with Crippen LogP contribution in [0.4, 0.5) is 13.2 Å². The van der Waals surface area contributed by atoms with E-state index in [1.165, 1.54) is 18.2 Å². The minimum absolute atomic E-state index is 0.0499. The highest BCUT2D eigenvalue weighted by atomic mass is 79.9. The molecule has 2 aromatic carbocycles. The van der Waals surface area contributed by atoms with Gasteiger partial charge in [0, 0.05) is 4.47 Å². The Hall–Kier alpha value is -2.02. The van der Waals surface area contributed by atoms with Crippen LogP contribution in [0.15, 0.2) is 46.9 Å². The fourth-order valence-electron chi connectivity index (χ4n) is 1.78. The van der Waals surface area contributed by atoms with Crippen molar-refractivity contribution in [1.29, 1.82) is 0 Å². The van der Waals surface area contributed by atoms with Crippen LogP contribution in [0.25, 0.3) is 11.1 Å². The van der Waals surface area contributed by atoms with Gasteiger partial charge in [-0.25, -0.2) is 4.79 Å². The molecule has 0 aliphatic carbocycles. The fourth-order valence-corrected chi connectivity index (χ4v) is 2.14. The third-order valence-corrected chi connectivity index (χ3v) is 3.10. The summed E-state index contributed by atoms with van der Waals surface area (Å²) in [5.41, 5.74) is 0.938. The van der Waals surface area contributed by atoms with Crippen molar-refractivity contribution in [1.82, 2.24) is 0 Å². The van der Waals surface area contributed by atoms with E-state index in [4.69, 9.17) is 5.11 Å². The topological polar surface area (TPSA) is 46.5 Å². The molecule has 0 heterocycles. The molecule has 21 heavy (non-hydrogen) atoms. The fraction of sp³-hybridized carbons (Fsp3) is 0.0714. The predicted molar refractivity (Wildman–Crippen MR) is 73.2 cm³/mol. The first kappa shape index (κ1) is 15.4. The first-order valence-corrected chi connectivity index (χ1v) is 6.44. The molecule has 0 aliphatic rings. The lowest BCUT2D eigenvalue weighted by Gasteiger charge is -2.10. The van der Waals surface area contributed by atoms with E-state index in [0.29, 0.717) is 15.6 Å². The molecule has 0 aromatic heterocycles.